The van der Waals surface area contributed by atoms with Crippen molar-refractivity contribution in [3.8, 4) is 11.5 Å². The molecule has 3 rings (SSSR count). The van der Waals surface area contributed by atoms with Crippen molar-refractivity contribution in [1.82, 2.24) is 15.5 Å². The lowest BCUT2D eigenvalue weighted by Gasteiger charge is -2.11. The molecular weight excluding hydrogens is 398 g/mol. The van der Waals surface area contributed by atoms with E-state index >= 15 is 0 Å². The smallest absolute Gasteiger partial charge is 0.258 e. The Balaban J connectivity index is 1.76. The molecule has 160 valence electrons. The van der Waals surface area contributed by atoms with Gasteiger partial charge in [0.05, 0.1) is 17.7 Å². The van der Waals surface area contributed by atoms with Crippen LogP contribution in [0.25, 0.3) is 11.5 Å². The molecule has 0 spiro atoms. The molecule has 0 saturated heterocycles. The highest BCUT2D eigenvalue weighted by Crippen LogP contribution is 2.26. The summed E-state index contributed by atoms with van der Waals surface area (Å²) >= 11 is 0. The lowest BCUT2D eigenvalue weighted by molar-refractivity contribution is -0.117. The molecule has 31 heavy (non-hydrogen) atoms. The third-order valence-electron chi connectivity index (χ3n) is 4.33. The number of rotatable bonds is 6. The minimum Gasteiger partial charge on any atom is -0.368 e. The Hall–Kier alpha value is -4.01. The van der Waals surface area contributed by atoms with Gasteiger partial charge in [-0.3, -0.25) is 14.4 Å². The maximum atomic E-state index is 12.9. The molecule has 0 fully saturated rings. The van der Waals surface area contributed by atoms with Crippen molar-refractivity contribution < 1.29 is 18.9 Å². The van der Waals surface area contributed by atoms with E-state index in [4.69, 9.17) is 10.3 Å². The molecule has 3 amide bonds. The highest BCUT2D eigenvalue weighted by molar-refractivity contribution is 6.08. The van der Waals surface area contributed by atoms with Crippen molar-refractivity contribution >= 4 is 23.4 Å². The molecule has 0 unspecified atom stereocenters. The first-order valence-corrected chi connectivity index (χ1v) is 9.56. The predicted molar refractivity (Wildman–Crippen MR) is 114 cm³/mol. The lowest BCUT2D eigenvalue weighted by atomic mass is 9.96. The minimum absolute atomic E-state index is 0.249. The highest BCUT2D eigenvalue weighted by Gasteiger charge is 2.23. The Morgan fingerprint density at radius 1 is 1.00 bits per heavy atom. The van der Waals surface area contributed by atoms with Crippen LogP contribution >= 0.6 is 0 Å². The number of primary amides is 1. The van der Waals surface area contributed by atoms with Gasteiger partial charge in [-0.1, -0.05) is 38.1 Å². The average Bonchev–Trinajstić information content (AvgIpc) is 3.23. The van der Waals surface area contributed by atoms with Crippen LogP contribution in [-0.2, 0) is 10.2 Å². The molecule has 0 atom stereocenters. The number of anilines is 1. The number of amides is 3. The van der Waals surface area contributed by atoms with Gasteiger partial charge in [0, 0.05) is 16.7 Å². The van der Waals surface area contributed by atoms with Crippen LogP contribution in [0.2, 0.25) is 0 Å². The summed E-state index contributed by atoms with van der Waals surface area (Å²) in [6.45, 7) is 5.66. The summed E-state index contributed by atoms with van der Waals surface area (Å²) < 4.78 is 5.38. The minimum atomic E-state index is -0.633. The molecule has 0 aliphatic carbocycles. The van der Waals surface area contributed by atoms with Gasteiger partial charge in [0.15, 0.2) is 5.82 Å². The Bertz CT molecular complexity index is 1110. The second-order valence-electron chi connectivity index (χ2n) is 7.90. The largest absolute Gasteiger partial charge is 0.368 e. The fraction of sp³-hybridized carbons (Fsp3) is 0.227. The molecule has 1 heterocycles. The molecule has 3 aromatic rings. The van der Waals surface area contributed by atoms with Gasteiger partial charge >= 0.3 is 0 Å². The summed E-state index contributed by atoms with van der Waals surface area (Å²) in [5.74, 6) is -0.628. The standard InChI is InChI=1S/C22H23N5O4/c1-22(2,3)21-26-20(31-27-21)16-7-5-4-6-15(16)19(30)25-14-10-8-13(9-11-14)18(29)24-12-17(23)28/h4-11H,12H2,1-3H3,(H2,23,28)(H,24,29)(H,25,30). The van der Waals surface area contributed by atoms with E-state index in [0.717, 1.165) is 0 Å². The predicted octanol–water partition coefficient (Wildman–Crippen LogP) is 2.50. The fourth-order valence-corrected chi connectivity index (χ4v) is 2.68. The van der Waals surface area contributed by atoms with Crippen molar-refractivity contribution in [2.45, 2.75) is 26.2 Å². The summed E-state index contributed by atoms with van der Waals surface area (Å²) in [4.78, 5) is 40.0. The van der Waals surface area contributed by atoms with Crippen molar-refractivity contribution in [2.75, 3.05) is 11.9 Å². The number of hydrogen-bond donors (Lipinski definition) is 3. The van der Waals surface area contributed by atoms with E-state index in [1.165, 1.54) is 12.1 Å². The zero-order valence-electron chi connectivity index (χ0n) is 17.4. The van der Waals surface area contributed by atoms with Gasteiger partial charge in [-0.15, -0.1) is 0 Å². The second kappa shape index (κ2) is 8.78. The molecule has 2 aromatic carbocycles. The SMILES string of the molecule is CC(C)(C)c1noc(-c2ccccc2C(=O)Nc2ccc(C(=O)NCC(N)=O)cc2)n1. The van der Waals surface area contributed by atoms with Crippen molar-refractivity contribution in [1.29, 1.82) is 0 Å². The van der Waals surface area contributed by atoms with Crippen molar-refractivity contribution in [3.63, 3.8) is 0 Å². The molecule has 1 aromatic heterocycles. The number of nitrogens with one attached hydrogen (secondary N) is 2. The quantitative estimate of drug-likeness (QED) is 0.559. The van der Waals surface area contributed by atoms with E-state index in [1.807, 2.05) is 20.8 Å². The number of hydrogen-bond acceptors (Lipinski definition) is 6. The Labute approximate surface area is 179 Å². The number of carbonyl (C=O) groups excluding carboxylic acids is 3. The van der Waals surface area contributed by atoms with Crippen LogP contribution in [0.3, 0.4) is 0 Å². The van der Waals surface area contributed by atoms with E-state index in [-0.39, 0.29) is 23.8 Å². The lowest BCUT2D eigenvalue weighted by Crippen LogP contribution is -2.33. The summed E-state index contributed by atoms with van der Waals surface area (Å²) in [7, 11) is 0. The zero-order chi connectivity index (χ0) is 22.6. The molecule has 0 aliphatic rings. The third kappa shape index (κ3) is 5.33. The number of carbonyl (C=O) groups is 3. The van der Waals surface area contributed by atoms with Crippen LogP contribution in [0, 0.1) is 0 Å². The van der Waals surface area contributed by atoms with Crippen molar-refractivity contribution in [3.05, 3.63) is 65.5 Å². The van der Waals surface area contributed by atoms with Crippen LogP contribution in [0.5, 0.6) is 0 Å². The molecule has 9 heteroatoms. The first-order chi connectivity index (χ1) is 14.6. The van der Waals surface area contributed by atoms with Gasteiger partial charge < -0.3 is 20.9 Å². The van der Waals surface area contributed by atoms with Crippen LogP contribution < -0.4 is 16.4 Å². The van der Waals surface area contributed by atoms with E-state index in [1.54, 1.807) is 36.4 Å². The maximum Gasteiger partial charge on any atom is 0.258 e. The van der Waals surface area contributed by atoms with E-state index < -0.39 is 11.8 Å². The number of nitrogens with two attached hydrogens (primary N) is 1. The Morgan fingerprint density at radius 3 is 2.29 bits per heavy atom. The Kier molecular flexibility index (Phi) is 6.15. The summed E-state index contributed by atoms with van der Waals surface area (Å²) in [6, 6.07) is 13.2. The zero-order valence-corrected chi connectivity index (χ0v) is 17.4. The molecule has 9 nitrogen and oxygen atoms in total. The second-order valence-corrected chi connectivity index (χ2v) is 7.90. The summed E-state index contributed by atoms with van der Waals surface area (Å²) in [5, 5.41) is 9.20. The van der Waals surface area contributed by atoms with Crippen LogP contribution in [-0.4, -0.2) is 34.4 Å². The number of nitrogens with zero attached hydrogens (tertiary/aromatic N) is 2. The summed E-state index contributed by atoms with van der Waals surface area (Å²) in [6.07, 6.45) is 0. The van der Waals surface area contributed by atoms with Crippen LogP contribution in [0.4, 0.5) is 5.69 Å². The topological polar surface area (TPSA) is 140 Å². The van der Waals surface area contributed by atoms with E-state index in [2.05, 4.69) is 20.8 Å². The van der Waals surface area contributed by atoms with E-state index in [0.29, 0.717) is 28.2 Å². The van der Waals surface area contributed by atoms with Gasteiger partial charge in [0.25, 0.3) is 17.7 Å². The van der Waals surface area contributed by atoms with Gasteiger partial charge in [-0.2, -0.15) is 4.98 Å². The normalized spacial score (nSPS) is 11.1. The monoisotopic (exact) mass is 421 g/mol. The van der Waals surface area contributed by atoms with Gasteiger partial charge in [-0.05, 0) is 36.4 Å². The van der Waals surface area contributed by atoms with Gasteiger partial charge in [0.1, 0.15) is 0 Å². The first-order valence-electron chi connectivity index (χ1n) is 9.56. The van der Waals surface area contributed by atoms with Gasteiger partial charge in [-0.25, -0.2) is 0 Å². The molecule has 4 N–H and O–H groups in total. The van der Waals surface area contributed by atoms with Crippen LogP contribution in [0.15, 0.2) is 53.1 Å². The number of benzene rings is 2. The highest BCUT2D eigenvalue weighted by atomic mass is 16.5. The van der Waals surface area contributed by atoms with E-state index in [9.17, 15) is 14.4 Å². The first kappa shape index (κ1) is 21.7. The average molecular weight is 421 g/mol. The Morgan fingerprint density at radius 2 is 1.68 bits per heavy atom. The molecule has 0 aliphatic heterocycles. The third-order valence-corrected chi connectivity index (χ3v) is 4.33. The summed E-state index contributed by atoms with van der Waals surface area (Å²) in [5.41, 5.74) is 6.44. The molecular formula is C22H23N5O4. The molecule has 0 bridgehead atoms. The number of aromatic nitrogens is 2. The van der Waals surface area contributed by atoms with Crippen LogP contribution in [0.1, 0.15) is 47.3 Å². The fourth-order valence-electron chi connectivity index (χ4n) is 2.68. The maximum absolute atomic E-state index is 12.9. The molecule has 0 saturated carbocycles. The van der Waals surface area contributed by atoms with Gasteiger partial charge in [0.2, 0.25) is 5.91 Å². The molecule has 0 radical (unpaired) electrons. The van der Waals surface area contributed by atoms with Crippen molar-refractivity contribution in [2.24, 2.45) is 5.73 Å².